The second-order valence-corrected chi connectivity index (χ2v) is 6.62. The summed E-state index contributed by atoms with van der Waals surface area (Å²) >= 11 is 0.848. The summed E-state index contributed by atoms with van der Waals surface area (Å²) < 4.78 is 38.2. The molecule has 4 N–H and O–H groups in total. The van der Waals surface area contributed by atoms with Crippen LogP contribution in [0.1, 0.15) is 13.3 Å². The van der Waals surface area contributed by atoms with Crippen LogP contribution in [0.15, 0.2) is 24.3 Å². The molecule has 142 valence electrons. The lowest BCUT2D eigenvalue weighted by Crippen LogP contribution is -2.59. The van der Waals surface area contributed by atoms with Gasteiger partial charge in [-0.05, 0) is 24.3 Å². The molecule has 11 heteroatoms. The molecule has 0 radical (unpaired) electrons. The second kappa shape index (κ2) is 8.41. The number of hydrogen-bond acceptors (Lipinski definition) is 5. The van der Waals surface area contributed by atoms with Gasteiger partial charge in [-0.25, -0.2) is 0 Å². The fourth-order valence-corrected chi connectivity index (χ4v) is 3.04. The minimum absolute atomic E-state index is 0.157. The number of halogens is 3. The molecule has 1 saturated heterocycles. The molecule has 1 fully saturated rings. The number of carbonyl (C=O) groups excluding carboxylic acids is 3. The van der Waals surface area contributed by atoms with Gasteiger partial charge >= 0.3 is 6.18 Å². The number of hydrogen-bond donors (Lipinski definition) is 4. The summed E-state index contributed by atoms with van der Waals surface area (Å²) in [6, 6.07) is 4.42. The largest absolute Gasteiger partial charge is 0.404 e. The maximum atomic E-state index is 12.7. The summed E-state index contributed by atoms with van der Waals surface area (Å²) in [7, 11) is 0. The van der Waals surface area contributed by atoms with Crippen molar-refractivity contribution in [3.8, 4) is 0 Å². The number of alkyl halides is 3. The number of rotatable bonds is 5. The van der Waals surface area contributed by atoms with E-state index in [9.17, 15) is 27.6 Å². The molecule has 1 aromatic rings. The first-order chi connectivity index (χ1) is 12.1. The first-order valence-corrected chi connectivity index (χ1v) is 8.59. The highest BCUT2D eigenvalue weighted by Crippen LogP contribution is 2.26. The van der Waals surface area contributed by atoms with E-state index < -0.39 is 36.0 Å². The minimum Gasteiger partial charge on any atom is -0.332 e. The molecule has 0 spiro atoms. The smallest absolute Gasteiger partial charge is 0.332 e. The minimum atomic E-state index is -4.53. The molecule has 1 aromatic carbocycles. The van der Waals surface area contributed by atoms with Crippen LogP contribution in [0.3, 0.4) is 0 Å². The molecule has 0 aliphatic carbocycles. The van der Waals surface area contributed by atoms with E-state index in [4.69, 9.17) is 0 Å². The molecule has 2 unspecified atom stereocenters. The average molecular weight is 390 g/mol. The highest BCUT2D eigenvalue weighted by Gasteiger charge is 2.44. The molecular formula is C15H17F3N4O3S. The Morgan fingerprint density at radius 1 is 1.19 bits per heavy atom. The van der Waals surface area contributed by atoms with E-state index in [1.54, 1.807) is 24.3 Å². The van der Waals surface area contributed by atoms with E-state index in [0.29, 0.717) is 11.4 Å². The molecule has 26 heavy (non-hydrogen) atoms. The van der Waals surface area contributed by atoms with Crippen molar-refractivity contribution in [2.75, 3.05) is 16.4 Å². The van der Waals surface area contributed by atoms with Crippen LogP contribution in [-0.2, 0) is 14.4 Å². The molecule has 7 nitrogen and oxygen atoms in total. The fourth-order valence-electron chi connectivity index (χ4n) is 2.17. The fraction of sp³-hybridized carbons (Fsp3) is 0.400. The van der Waals surface area contributed by atoms with Gasteiger partial charge in [0.15, 0.2) is 0 Å². The van der Waals surface area contributed by atoms with Gasteiger partial charge in [-0.1, -0.05) is 0 Å². The number of nitrogens with one attached hydrogen (secondary N) is 4. The predicted molar refractivity (Wildman–Crippen MR) is 91.4 cm³/mol. The molecular weight excluding hydrogens is 373 g/mol. The van der Waals surface area contributed by atoms with Crippen LogP contribution in [-0.4, -0.2) is 41.2 Å². The summed E-state index contributed by atoms with van der Waals surface area (Å²) in [5.41, 5.74) is 0.0338. The Hall–Kier alpha value is -2.27. The monoisotopic (exact) mass is 390 g/mol. The number of carbonyl (C=O) groups is 3. The summed E-state index contributed by atoms with van der Waals surface area (Å²) in [4.78, 5) is 34.2. The Kier molecular flexibility index (Phi) is 6.48. The van der Waals surface area contributed by atoms with Crippen molar-refractivity contribution in [2.24, 2.45) is 0 Å². The third-order valence-electron chi connectivity index (χ3n) is 3.30. The van der Waals surface area contributed by atoms with Gasteiger partial charge in [-0.15, -0.1) is 11.8 Å². The van der Waals surface area contributed by atoms with Gasteiger partial charge in [0.25, 0.3) is 0 Å². The molecule has 3 amide bonds. The van der Waals surface area contributed by atoms with Crippen LogP contribution in [0.5, 0.6) is 0 Å². The third-order valence-corrected chi connectivity index (χ3v) is 4.32. The second-order valence-electron chi connectivity index (χ2n) is 5.53. The number of benzene rings is 1. The van der Waals surface area contributed by atoms with Gasteiger partial charge in [0.05, 0.1) is 12.2 Å². The van der Waals surface area contributed by atoms with Crippen molar-refractivity contribution in [3.05, 3.63) is 24.3 Å². The zero-order valence-electron chi connectivity index (χ0n) is 13.6. The highest BCUT2D eigenvalue weighted by atomic mass is 32.2. The van der Waals surface area contributed by atoms with Crippen molar-refractivity contribution in [3.63, 3.8) is 0 Å². The third kappa shape index (κ3) is 6.23. The molecule has 1 aliphatic heterocycles. The van der Waals surface area contributed by atoms with E-state index in [2.05, 4.69) is 21.3 Å². The Morgan fingerprint density at radius 2 is 1.77 bits per heavy atom. The van der Waals surface area contributed by atoms with Gasteiger partial charge in [-0.3, -0.25) is 19.7 Å². The Balaban J connectivity index is 1.82. The number of anilines is 2. The maximum absolute atomic E-state index is 12.7. The molecule has 2 rings (SSSR count). The van der Waals surface area contributed by atoms with Crippen LogP contribution in [0.4, 0.5) is 24.5 Å². The maximum Gasteiger partial charge on any atom is 0.404 e. The molecule has 0 aromatic heterocycles. The number of amides is 3. The Morgan fingerprint density at radius 3 is 2.31 bits per heavy atom. The Bertz CT molecular complexity index is 682. The highest BCUT2D eigenvalue weighted by molar-refractivity contribution is 8.00. The van der Waals surface area contributed by atoms with Gasteiger partial charge in [0.1, 0.15) is 11.5 Å². The van der Waals surface area contributed by atoms with Crippen LogP contribution in [0, 0.1) is 0 Å². The van der Waals surface area contributed by atoms with Gasteiger partial charge in [0, 0.05) is 18.3 Å². The summed E-state index contributed by atoms with van der Waals surface area (Å²) in [6.45, 7) is 1.37. The van der Waals surface area contributed by atoms with E-state index in [-0.39, 0.29) is 11.7 Å². The summed E-state index contributed by atoms with van der Waals surface area (Å²) in [6.07, 6.45) is -5.22. The molecule has 1 aliphatic rings. The van der Waals surface area contributed by atoms with Crippen LogP contribution in [0.25, 0.3) is 0 Å². The lowest BCUT2D eigenvalue weighted by Gasteiger charge is -2.32. The predicted octanol–water partition coefficient (Wildman–Crippen LogP) is 1.64. The van der Waals surface area contributed by atoms with Crippen LogP contribution >= 0.6 is 11.8 Å². The van der Waals surface area contributed by atoms with Crippen molar-refractivity contribution >= 4 is 40.9 Å². The van der Waals surface area contributed by atoms with E-state index in [1.807, 2.05) is 0 Å². The first-order valence-electron chi connectivity index (χ1n) is 7.55. The van der Waals surface area contributed by atoms with Crippen LogP contribution in [0.2, 0.25) is 0 Å². The lowest BCUT2D eigenvalue weighted by atomic mass is 10.1. The summed E-state index contributed by atoms with van der Waals surface area (Å²) in [5, 5.41) is 9.77. The van der Waals surface area contributed by atoms with Gasteiger partial charge in [0.2, 0.25) is 17.7 Å². The zero-order valence-corrected chi connectivity index (χ0v) is 14.5. The topological polar surface area (TPSA) is 99.3 Å². The summed E-state index contributed by atoms with van der Waals surface area (Å²) in [5.74, 6) is -1.54. The van der Waals surface area contributed by atoms with Gasteiger partial charge < -0.3 is 16.0 Å². The molecule has 0 bridgehead atoms. The van der Waals surface area contributed by atoms with Gasteiger partial charge in [-0.2, -0.15) is 13.2 Å². The first kappa shape index (κ1) is 20.0. The zero-order chi connectivity index (χ0) is 19.3. The average Bonchev–Trinajstić information content (AvgIpc) is 2.53. The van der Waals surface area contributed by atoms with Crippen molar-refractivity contribution in [1.29, 1.82) is 0 Å². The molecule has 1 heterocycles. The van der Waals surface area contributed by atoms with E-state index in [1.165, 1.54) is 6.92 Å². The molecule has 2 atom stereocenters. The lowest BCUT2D eigenvalue weighted by molar-refractivity contribution is -0.167. The van der Waals surface area contributed by atoms with E-state index in [0.717, 1.165) is 11.8 Å². The van der Waals surface area contributed by atoms with Crippen molar-refractivity contribution < 1.29 is 27.6 Å². The molecule has 0 saturated carbocycles. The van der Waals surface area contributed by atoms with E-state index >= 15 is 0 Å². The standard InChI is InChI=1S/C15H17F3N4O3S/c1-8(23)19-9-2-4-10(5-3-9)20-13(25)7-26-14-21-11(15(16,17)18)6-12(24)22-14/h2-5,11,14,21H,6-7H2,1H3,(H,19,23)(H,20,25)(H,22,24). The Labute approximate surface area is 151 Å². The normalized spacial score (nSPS) is 20.2. The van der Waals surface area contributed by atoms with Crippen LogP contribution < -0.4 is 21.3 Å². The number of thioether (sulfide) groups is 1. The van der Waals surface area contributed by atoms with Crippen molar-refractivity contribution in [1.82, 2.24) is 10.6 Å². The SMILES string of the molecule is CC(=O)Nc1ccc(NC(=O)CSC2NC(=O)CC(C(F)(F)F)N2)cc1. The quantitative estimate of drug-likeness (QED) is 0.613. The van der Waals surface area contributed by atoms with Crippen molar-refractivity contribution in [2.45, 2.75) is 31.1 Å².